The molecule has 0 aromatic carbocycles. The van der Waals surface area contributed by atoms with E-state index >= 15 is 0 Å². The summed E-state index contributed by atoms with van der Waals surface area (Å²) in [5.41, 5.74) is 0. The Morgan fingerprint density at radius 3 is 2.23 bits per heavy atom. The summed E-state index contributed by atoms with van der Waals surface area (Å²) in [5.74, 6) is 0.672. The van der Waals surface area contributed by atoms with Gasteiger partial charge in [0.15, 0.2) is 5.78 Å². The second-order valence-electron chi connectivity index (χ2n) is 3.26. The molecule has 0 saturated heterocycles. The molecule has 1 saturated carbocycles. The number of ketones is 1. The van der Waals surface area contributed by atoms with Gasteiger partial charge in [0, 0.05) is 16.2 Å². The van der Waals surface area contributed by atoms with Crippen LogP contribution in [-0.4, -0.2) is 18.3 Å². The van der Waals surface area contributed by atoms with Crippen LogP contribution in [0.15, 0.2) is 10.3 Å². The normalized spacial score (nSPS) is 17.4. The molecule has 0 amide bonds. The van der Waals surface area contributed by atoms with Crippen molar-refractivity contribution < 1.29 is 4.79 Å². The third kappa shape index (κ3) is 3.39. The molecular formula is C10H16OS2. The van der Waals surface area contributed by atoms with Crippen molar-refractivity contribution in [3.8, 4) is 0 Å². The van der Waals surface area contributed by atoms with Crippen molar-refractivity contribution in [2.75, 3.05) is 12.5 Å². The Morgan fingerprint density at radius 2 is 1.77 bits per heavy atom. The highest BCUT2D eigenvalue weighted by atomic mass is 32.2. The van der Waals surface area contributed by atoms with Gasteiger partial charge >= 0.3 is 0 Å². The maximum Gasteiger partial charge on any atom is 0.160 e. The number of carbonyl (C=O) groups excluding carboxylic acids is 1. The fourth-order valence-electron chi connectivity index (χ4n) is 1.65. The molecule has 0 bridgehead atoms. The monoisotopic (exact) mass is 216 g/mol. The highest BCUT2D eigenvalue weighted by Gasteiger charge is 2.21. The number of allylic oxidation sites excluding steroid dienone is 1. The molecule has 0 spiro atoms. The average molecular weight is 216 g/mol. The van der Waals surface area contributed by atoms with E-state index in [2.05, 4.69) is 0 Å². The third-order valence-electron chi connectivity index (χ3n) is 2.42. The minimum absolute atomic E-state index is 0.328. The van der Waals surface area contributed by atoms with Crippen LogP contribution in [0.25, 0.3) is 0 Å². The Labute approximate surface area is 88.7 Å². The van der Waals surface area contributed by atoms with Crippen LogP contribution < -0.4 is 0 Å². The molecule has 0 aromatic heterocycles. The summed E-state index contributed by atoms with van der Waals surface area (Å²) in [4.78, 5) is 11.7. The van der Waals surface area contributed by atoms with E-state index in [1.165, 1.54) is 12.8 Å². The van der Waals surface area contributed by atoms with Gasteiger partial charge in [0.2, 0.25) is 0 Å². The van der Waals surface area contributed by atoms with Gasteiger partial charge < -0.3 is 0 Å². The summed E-state index contributed by atoms with van der Waals surface area (Å²) in [6, 6.07) is 0. The van der Waals surface area contributed by atoms with E-state index in [0.717, 1.165) is 17.1 Å². The molecule has 0 atom stereocenters. The number of rotatable bonds is 4. The van der Waals surface area contributed by atoms with Crippen LogP contribution in [0.1, 0.15) is 25.7 Å². The van der Waals surface area contributed by atoms with E-state index in [1.807, 2.05) is 18.6 Å². The Morgan fingerprint density at radius 1 is 1.23 bits per heavy atom. The van der Waals surface area contributed by atoms with Crippen LogP contribution in [0.3, 0.4) is 0 Å². The molecule has 74 valence electrons. The van der Waals surface area contributed by atoms with Crippen LogP contribution >= 0.6 is 23.5 Å². The average Bonchev–Trinajstić information content (AvgIpc) is 2.66. The van der Waals surface area contributed by atoms with Crippen molar-refractivity contribution >= 4 is 29.3 Å². The first-order chi connectivity index (χ1) is 6.27. The molecule has 1 fully saturated rings. The van der Waals surface area contributed by atoms with E-state index in [4.69, 9.17) is 0 Å². The largest absolute Gasteiger partial charge is 0.294 e. The van der Waals surface area contributed by atoms with Crippen molar-refractivity contribution in [3.05, 3.63) is 10.3 Å². The van der Waals surface area contributed by atoms with Gasteiger partial charge in [-0.05, 0) is 25.4 Å². The zero-order valence-corrected chi connectivity index (χ0v) is 9.84. The molecule has 0 unspecified atom stereocenters. The second kappa shape index (κ2) is 5.76. The Hall–Kier alpha value is 0.110. The number of carbonyl (C=O) groups is 1. The second-order valence-corrected chi connectivity index (χ2v) is 5.21. The summed E-state index contributed by atoms with van der Waals surface area (Å²) in [6.45, 7) is 0. The third-order valence-corrected chi connectivity index (χ3v) is 4.46. The van der Waals surface area contributed by atoms with Gasteiger partial charge in [0.1, 0.15) is 0 Å². The van der Waals surface area contributed by atoms with Crippen LogP contribution in [-0.2, 0) is 4.79 Å². The summed E-state index contributed by atoms with van der Waals surface area (Å²) in [7, 11) is 0. The summed E-state index contributed by atoms with van der Waals surface area (Å²) in [5, 5.41) is 0. The van der Waals surface area contributed by atoms with Crippen molar-refractivity contribution in [1.82, 2.24) is 0 Å². The summed E-state index contributed by atoms with van der Waals surface area (Å²) < 4.78 is 1.14. The minimum atomic E-state index is 0.328. The van der Waals surface area contributed by atoms with Gasteiger partial charge in [0.05, 0.1) is 0 Å². The maximum absolute atomic E-state index is 11.7. The Balaban J connectivity index is 2.51. The SMILES string of the molecule is CSC(=CC(=O)C1CCCC1)SC. The molecule has 1 rings (SSSR count). The van der Waals surface area contributed by atoms with Crippen LogP contribution in [0.4, 0.5) is 0 Å². The standard InChI is InChI=1S/C10H16OS2/c1-12-10(13-2)7-9(11)8-5-3-4-6-8/h7-8H,3-6H2,1-2H3. The Kier molecular flexibility index (Phi) is 4.96. The molecule has 1 nitrogen and oxygen atoms in total. The molecule has 0 heterocycles. The molecule has 13 heavy (non-hydrogen) atoms. The molecular weight excluding hydrogens is 200 g/mol. The van der Waals surface area contributed by atoms with E-state index in [-0.39, 0.29) is 0 Å². The van der Waals surface area contributed by atoms with Gasteiger partial charge in [-0.3, -0.25) is 4.79 Å². The zero-order chi connectivity index (χ0) is 9.68. The quantitative estimate of drug-likeness (QED) is 0.671. The fraction of sp³-hybridized carbons (Fsp3) is 0.700. The molecule has 1 aliphatic carbocycles. The lowest BCUT2D eigenvalue weighted by atomic mass is 10.0. The molecule has 0 aliphatic heterocycles. The van der Waals surface area contributed by atoms with Gasteiger partial charge in [0.25, 0.3) is 0 Å². The van der Waals surface area contributed by atoms with Gasteiger partial charge in [-0.1, -0.05) is 12.8 Å². The minimum Gasteiger partial charge on any atom is -0.294 e. The van der Waals surface area contributed by atoms with Crippen LogP contribution in [0.2, 0.25) is 0 Å². The Bertz CT molecular complexity index is 199. The van der Waals surface area contributed by atoms with Gasteiger partial charge in [-0.25, -0.2) is 0 Å². The lowest BCUT2D eigenvalue weighted by molar-refractivity contribution is -0.118. The summed E-state index contributed by atoms with van der Waals surface area (Å²) in [6.07, 6.45) is 10.5. The molecule has 1 aliphatic rings. The highest BCUT2D eigenvalue weighted by molar-refractivity contribution is 8.21. The summed E-state index contributed by atoms with van der Waals surface area (Å²) >= 11 is 3.32. The lowest BCUT2D eigenvalue weighted by Gasteiger charge is -2.04. The number of hydrogen-bond donors (Lipinski definition) is 0. The van der Waals surface area contributed by atoms with E-state index in [1.54, 1.807) is 23.5 Å². The van der Waals surface area contributed by atoms with E-state index in [9.17, 15) is 4.79 Å². The van der Waals surface area contributed by atoms with E-state index in [0.29, 0.717) is 11.7 Å². The van der Waals surface area contributed by atoms with Crippen molar-refractivity contribution in [3.63, 3.8) is 0 Å². The number of thioether (sulfide) groups is 2. The molecule has 3 heteroatoms. The van der Waals surface area contributed by atoms with Crippen molar-refractivity contribution in [2.24, 2.45) is 5.92 Å². The predicted molar refractivity (Wildman–Crippen MR) is 62.1 cm³/mol. The van der Waals surface area contributed by atoms with Gasteiger partial charge in [-0.2, -0.15) is 0 Å². The first-order valence-electron chi connectivity index (χ1n) is 4.61. The first-order valence-corrected chi connectivity index (χ1v) is 7.06. The van der Waals surface area contributed by atoms with Crippen molar-refractivity contribution in [1.29, 1.82) is 0 Å². The molecule has 0 aromatic rings. The zero-order valence-electron chi connectivity index (χ0n) is 8.21. The molecule has 0 N–H and O–H groups in total. The lowest BCUT2D eigenvalue weighted by Crippen LogP contribution is -2.07. The first kappa shape index (κ1) is 11.2. The van der Waals surface area contributed by atoms with E-state index < -0.39 is 0 Å². The fourth-order valence-corrected chi connectivity index (χ4v) is 2.78. The highest BCUT2D eigenvalue weighted by Crippen LogP contribution is 2.29. The van der Waals surface area contributed by atoms with Crippen LogP contribution in [0.5, 0.6) is 0 Å². The van der Waals surface area contributed by atoms with Crippen LogP contribution in [0, 0.1) is 5.92 Å². The van der Waals surface area contributed by atoms with Gasteiger partial charge in [-0.15, -0.1) is 23.5 Å². The number of hydrogen-bond acceptors (Lipinski definition) is 3. The topological polar surface area (TPSA) is 17.1 Å². The van der Waals surface area contributed by atoms with Crippen molar-refractivity contribution in [2.45, 2.75) is 25.7 Å². The predicted octanol–water partition coefficient (Wildman–Crippen LogP) is 3.31. The smallest absolute Gasteiger partial charge is 0.160 e. The maximum atomic E-state index is 11.7. The molecule has 0 radical (unpaired) electrons.